The van der Waals surface area contributed by atoms with Crippen LogP contribution in [0.3, 0.4) is 0 Å². The van der Waals surface area contributed by atoms with E-state index in [1.807, 2.05) is 23.9 Å². The Morgan fingerprint density at radius 2 is 2.18 bits per heavy atom. The lowest BCUT2D eigenvalue weighted by Gasteiger charge is -2.04. The first-order valence-electron chi connectivity index (χ1n) is 5.72. The zero-order chi connectivity index (χ0) is 12.3. The van der Waals surface area contributed by atoms with Gasteiger partial charge in [-0.1, -0.05) is 28.1 Å². The van der Waals surface area contributed by atoms with Crippen LogP contribution in [-0.4, -0.2) is 16.8 Å². The van der Waals surface area contributed by atoms with Gasteiger partial charge in [0.25, 0.3) is 0 Å². The molecule has 1 aromatic carbocycles. The van der Waals surface area contributed by atoms with Gasteiger partial charge in [0.2, 0.25) is 0 Å². The summed E-state index contributed by atoms with van der Waals surface area (Å²) in [6.07, 6.45) is 0. The molecule has 0 saturated carbocycles. The summed E-state index contributed by atoms with van der Waals surface area (Å²) in [4.78, 5) is 0. The molecular weight excluding hydrogens is 278 g/mol. The lowest BCUT2D eigenvalue weighted by atomic mass is 10.1. The van der Waals surface area contributed by atoms with Gasteiger partial charge in [-0.25, -0.2) is 0 Å². The van der Waals surface area contributed by atoms with E-state index in [1.165, 1.54) is 11.3 Å². The zero-order valence-corrected chi connectivity index (χ0v) is 11.7. The molecular formula is C13H16BrN3. The quantitative estimate of drug-likeness (QED) is 0.939. The number of rotatable bonds is 4. The Morgan fingerprint density at radius 3 is 2.82 bits per heavy atom. The minimum Gasteiger partial charge on any atom is -0.314 e. The molecule has 1 N–H and O–H groups in total. The number of hydrogen-bond donors (Lipinski definition) is 1. The standard InChI is InChI=1S/C13H16BrN3/c1-3-17-13(8-12(16-17)9-15-2)10-5-4-6-11(14)7-10/h4-8,15H,3,9H2,1-2H3. The van der Waals surface area contributed by atoms with Crippen molar-refractivity contribution in [2.24, 2.45) is 0 Å². The summed E-state index contributed by atoms with van der Waals surface area (Å²) in [6, 6.07) is 10.4. The molecule has 2 aromatic rings. The number of nitrogens with one attached hydrogen (secondary N) is 1. The second-order valence-corrected chi connectivity index (χ2v) is 4.79. The lowest BCUT2D eigenvalue weighted by Crippen LogP contribution is -2.06. The van der Waals surface area contributed by atoms with Gasteiger partial charge in [0.1, 0.15) is 0 Å². The molecule has 0 atom stereocenters. The highest BCUT2D eigenvalue weighted by Gasteiger charge is 2.08. The minimum absolute atomic E-state index is 0.800. The van der Waals surface area contributed by atoms with Crippen molar-refractivity contribution in [3.05, 3.63) is 40.5 Å². The van der Waals surface area contributed by atoms with Crippen LogP contribution in [0, 0.1) is 0 Å². The first-order valence-corrected chi connectivity index (χ1v) is 6.51. The maximum Gasteiger partial charge on any atom is 0.0768 e. The monoisotopic (exact) mass is 293 g/mol. The smallest absolute Gasteiger partial charge is 0.0768 e. The van der Waals surface area contributed by atoms with Crippen molar-refractivity contribution in [3.8, 4) is 11.3 Å². The molecule has 1 heterocycles. The van der Waals surface area contributed by atoms with E-state index < -0.39 is 0 Å². The van der Waals surface area contributed by atoms with Crippen LogP contribution in [0.2, 0.25) is 0 Å². The highest BCUT2D eigenvalue weighted by Crippen LogP contribution is 2.23. The normalized spacial score (nSPS) is 10.8. The molecule has 0 fully saturated rings. The van der Waals surface area contributed by atoms with E-state index in [9.17, 15) is 0 Å². The Labute approximate surface area is 110 Å². The van der Waals surface area contributed by atoms with E-state index in [4.69, 9.17) is 0 Å². The number of halogens is 1. The first-order chi connectivity index (χ1) is 8.24. The average Bonchev–Trinajstić information content (AvgIpc) is 2.73. The van der Waals surface area contributed by atoms with Gasteiger partial charge in [-0.15, -0.1) is 0 Å². The summed E-state index contributed by atoms with van der Waals surface area (Å²) in [5.41, 5.74) is 3.43. The number of aryl methyl sites for hydroxylation is 1. The van der Waals surface area contributed by atoms with E-state index in [-0.39, 0.29) is 0 Å². The van der Waals surface area contributed by atoms with Gasteiger partial charge >= 0.3 is 0 Å². The molecule has 0 aliphatic carbocycles. The van der Waals surface area contributed by atoms with Crippen molar-refractivity contribution in [2.75, 3.05) is 7.05 Å². The van der Waals surface area contributed by atoms with E-state index in [2.05, 4.69) is 51.5 Å². The topological polar surface area (TPSA) is 29.9 Å². The van der Waals surface area contributed by atoms with E-state index >= 15 is 0 Å². The fraction of sp³-hybridized carbons (Fsp3) is 0.308. The SMILES string of the molecule is CCn1nc(CNC)cc1-c1cccc(Br)c1. The molecule has 0 unspecified atom stereocenters. The molecule has 90 valence electrons. The van der Waals surface area contributed by atoms with Gasteiger partial charge in [-0.05, 0) is 32.2 Å². The van der Waals surface area contributed by atoms with Crippen LogP contribution >= 0.6 is 15.9 Å². The average molecular weight is 294 g/mol. The molecule has 0 spiro atoms. The van der Waals surface area contributed by atoms with Crippen molar-refractivity contribution < 1.29 is 0 Å². The maximum absolute atomic E-state index is 4.56. The molecule has 4 heteroatoms. The number of benzene rings is 1. The van der Waals surface area contributed by atoms with Gasteiger partial charge in [0.15, 0.2) is 0 Å². The Kier molecular flexibility index (Phi) is 3.97. The van der Waals surface area contributed by atoms with Gasteiger partial charge in [-0.3, -0.25) is 4.68 Å². The van der Waals surface area contributed by atoms with E-state index in [0.29, 0.717) is 0 Å². The van der Waals surface area contributed by atoms with Crippen molar-refractivity contribution in [3.63, 3.8) is 0 Å². The summed E-state index contributed by atoms with van der Waals surface area (Å²) in [5.74, 6) is 0. The Bertz CT molecular complexity index is 505. The van der Waals surface area contributed by atoms with Crippen LogP contribution < -0.4 is 5.32 Å². The van der Waals surface area contributed by atoms with Gasteiger partial charge in [0.05, 0.1) is 11.4 Å². The third-order valence-electron chi connectivity index (χ3n) is 2.61. The van der Waals surface area contributed by atoms with Gasteiger partial charge in [0, 0.05) is 23.1 Å². The predicted octanol–water partition coefficient (Wildman–Crippen LogP) is 3.05. The van der Waals surface area contributed by atoms with E-state index in [1.54, 1.807) is 0 Å². The number of hydrogen-bond acceptors (Lipinski definition) is 2. The summed E-state index contributed by atoms with van der Waals surface area (Å²) < 4.78 is 3.13. The lowest BCUT2D eigenvalue weighted by molar-refractivity contribution is 0.643. The molecule has 0 amide bonds. The predicted molar refractivity (Wildman–Crippen MR) is 73.8 cm³/mol. The second kappa shape index (κ2) is 5.47. The molecule has 3 nitrogen and oxygen atoms in total. The van der Waals surface area contributed by atoms with Crippen LogP contribution in [0.1, 0.15) is 12.6 Å². The largest absolute Gasteiger partial charge is 0.314 e. The molecule has 2 rings (SSSR count). The summed E-state index contributed by atoms with van der Waals surface area (Å²) in [6.45, 7) is 3.79. The second-order valence-electron chi connectivity index (χ2n) is 3.88. The number of nitrogens with zero attached hydrogens (tertiary/aromatic N) is 2. The zero-order valence-electron chi connectivity index (χ0n) is 10.1. The minimum atomic E-state index is 0.800. The van der Waals surface area contributed by atoms with Crippen molar-refractivity contribution in [1.82, 2.24) is 15.1 Å². The van der Waals surface area contributed by atoms with Crippen LogP contribution in [0.4, 0.5) is 0 Å². The van der Waals surface area contributed by atoms with Crippen LogP contribution in [-0.2, 0) is 13.1 Å². The highest BCUT2D eigenvalue weighted by molar-refractivity contribution is 9.10. The van der Waals surface area contributed by atoms with Crippen LogP contribution in [0.15, 0.2) is 34.8 Å². The fourth-order valence-electron chi connectivity index (χ4n) is 1.86. The molecule has 1 aromatic heterocycles. The first kappa shape index (κ1) is 12.3. The van der Waals surface area contributed by atoms with Gasteiger partial charge < -0.3 is 5.32 Å². The van der Waals surface area contributed by atoms with Gasteiger partial charge in [-0.2, -0.15) is 5.10 Å². The summed E-state index contributed by atoms with van der Waals surface area (Å²) in [7, 11) is 1.93. The molecule has 0 aliphatic heterocycles. The number of aromatic nitrogens is 2. The van der Waals surface area contributed by atoms with E-state index in [0.717, 1.165) is 23.3 Å². The molecule has 0 bridgehead atoms. The summed E-state index contributed by atoms with van der Waals surface area (Å²) >= 11 is 3.50. The third kappa shape index (κ3) is 2.76. The highest BCUT2D eigenvalue weighted by atomic mass is 79.9. The van der Waals surface area contributed by atoms with Crippen LogP contribution in [0.5, 0.6) is 0 Å². The Balaban J connectivity index is 2.43. The molecule has 0 aliphatic rings. The molecule has 0 radical (unpaired) electrons. The van der Waals surface area contributed by atoms with Crippen molar-refractivity contribution in [1.29, 1.82) is 0 Å². The maximum atomic E-state index is 4.56. The third-order valence-corrected chi connectivity index (χ3v) is 3.10. The molecule has 0 saturated heterocycles. The summed E-state index contributed by atoms with van der Waals surface area (Å²) in [5, 5.41) is 7.69. The Morgan fingerprint density at radius 1 is 1.35 bits per heavy atom. The van der Waals surface area contributed by atoms with Crippen LogP contribution in [0.25, 0.3) is 11.3 Å². The van der Waals surface area contributed by atoms with Crippen molar-refractivity contribution >= 4 is 15.9 Å². The van der Waals surface area contributed by atoms with Crippen molar-refractivity contribution in [2.45, 2.75) is 20.0 Å². The fourth-order valence-corrected chi connectivity index (χ4v) is 2.26. The molecule has 17 heavy (non-hydrogen) atoms. The Hall–Kier alpha value is -1.13.